The molecule has 1 aromatic heterocycles. The molecule has 8 nitrogen and oxygen atoms in total. The summed E-state index contributed by atoms with van der Waals surface area (Å²) in [7, 11) is 0. The van der Waals surface area contributed by atoms with Crippen LogP contribution in [0.25, 0.3) is 0 Å². The number of H-pyrrole nitrogens is 1. The lowest BCUT2D eigenvalue weighted by molar-refractivity contribution is -0.137. The van der Waals surface area contributed by atoms with Gasteiger partial charge in [-0.1, -0.05) is 6.08 Å². The number of amides is 2. The summed E-state index contributed by atoms with van der Waals surface area (Å²) in [5.74, 6) is -0.411. The number of nitrogens with one attached hydrogen (secondary N) is 2. The molecular weight excluding hydrogens is 238 g/mol. The third-order valence-corrected chi connectivity index (χ3v) is 2.07. The number of aromatic nitrogens is 3. The van der Waals surface area contributed by atoms with Gasteiger partial charge in [0.15, 0.2) is 0 Å². The minimum Gasteiger partial charge on any atom is -0.480 e. The van der Waals surface area contributed by atoms with Crippen LogP contribution < -0.4 is 5.32 Å². The third kappa shape index (κ3) is 4.64. The molecule has 0 unspecified atom stereocenters. The SMILES string of the molecule is C=CCN(CC(=O)O)C(=O)NCCc1ncn[nH]1. The molecule has 0 aromatic carbocycles. The molecule has 0 aliphatic heterocycles. The number of carboxylic acids is 1. The summed E-state index contributed by atoms with van der Waals surface area (Å²) >= 11 is 0. The summed E-state index contributed by atoms with van der Waals surface area (Å²) in [5.41, 5.74) is 0. The Balaban J connectivity index is 2.36. The molecule has 0 aliphatic rings. The van der Waals surface area contributed by atoms with Gasteiger partial charge in [-0.25, -0.2) is 9.78 Å². The largest absolute Gasteiger partial charge is 0.480 e. The van der Waals surface area contributed by atoms with Crippen LogP contribution >= 0.6 is 0 Å². The maximum absolute atomic E-state index is 11.7. The molecule has 18 heavy (non-hydrogen) atoms. The topological polar surface area (TPSA) is 111 Å². The first-order valence-corrected chi connectivity index (χ1v) is 5.33. The summed E-state index contributed by atoms with van der Waals surface area (Å²) in [5, 5.41) is 17.6. The van der Waals surface area contributed by atoms with Gasteiger partial charge in [0.25, 0.3) is 0 Å². The highest BCUT2D eigenvalue weighted by atomic mass is 16.4. The van der Waals surface area contributed by atoms with Crippen molar-refractivity contribution in [2.24, 2.45) is 0 Å². The van der Waals surface area contributed by atoms with Crippen molar-refractivity contribution in [2.45, 2.75) is 6.42 Å². The van der Waals surface area contributed by atoms with Crippen LogP contribution in [0.5, 0.6) is 0 Å². The number of aromatic amines is 1. The summed E-state index contributed by atoms with van der Waals surface area (Å²) in [6.07, 6.45) is 3.35. The quantitative estimate of drug-likeness (QED) is 0.574. The second-order valence-electron chi connectivity index (χ2n) is 3.48. The van der Waals surface area contributed by atoms with E-state index in [1.165, 1.54) is 12.4 Å². The molecule has 0 fully saturated rings. The predicted molar refractivity (Wildman–Crippen MR) is 62.9 cm³/mol. The Morgan fingerprint density at radius 3 is 2.94 bits per heavy atom. The number of aliphatic carboxylic acids is 1. The fourth-order valence-electron chi connectivity index (χ4n) is 1.29. The van der Waals surface area contributed by atoms with Crippen molar-refractivity contribution in [3.63, 3.8) is 0 Å². The van der Waals surface area contributed by atoms with Crippen molar-refractivity contribution >= 4 is 12.0 Å². The Hall–Kier alpha value is -2.38. The average Bonchev–Trinajstić information content (AvgIpc) is 2.81. The highest BCUT2D eigenvalue weighted by Gasteiger charge is 2.14. The Kier molecular flexibility index (Phi) is 5.36. The zero-order valence-corrected chi connectivity index (χ0v) is 9.80. The molecule has 0 atom stereocenters. The number of carboxylic acid groups (broad SMARTS) is 1. The fourth-order valence-corrected chi connectivity index (χ4v) is 1.29. The van der Waals surface area contributed by atoms with Gasteiger partial charge in [0.2, 0.25) is 0 Å². The molecule has 0 saturated carbocycles. The van der Waals surface area contributed by atoms with E-state index in [4.69, 9.17) is 5.11 Å². The van der Waals surface area contributed by atoms with Gasteiger partial charge in [-0.3, -0.25) is 9.89 Å². The number of rotatable bonds is 7. The van der Waals surface area contributed by atoms with Gasteiger partial charge in [0, 0.05) is 19.5 Å². The van der Waals surface area contributed by atoms with Crippen LogP contribution in [0.15, 0.2) is 19.0 Å². The Labute approximate surface area is 104 Å². The van der Waals surface area contributed by atoms with Gasteiger partial charge in [0.1, 0.15) is 18.7 Å². The van der Waals surface area contributed by atoms with Crippen LogP contribution in [-0.4, -0.2) is 56.8 Å². The van der Waals surface area contributed by atoms with Crippen LogP contribution in [0.1, 0.15) is 5.82 Å². The van der Waals surface area contributed by atoms with Crippen LogP contribution in [0, 0.1) is 0 Å². The van der Waals surface area contributed by atoms with Crippen LogP contribution in [0.2, 0.25) is 0 Å². The lowest BCUT2D eigenvalue weighted by atomic mass is 10.4. The van der Waals surface area contributed by atoms with E-state index in [1.807, 2.05) is 0 Å². The molecule has 1 aromatic rings. The predicted octanol–water partition coefficient (Wildman–Crippen LogP) is -0.371. The van der Waals surface area contributed by atoms with E-state index in [9.17, 15) is 9.59 Å². The van der Waals surface area contributed by atoms with Crippen molar-refractivity contribution in [2.75, 3.05) is 19.6 Å². The smallest absolute Gasteiger partial charge is 0.323 e. The number of carbonyl (C=O) groups is 2. The second-order valence-corrected chi connectivity index (χ2v) is 3.48. The maximum atomic E-state index is 11.7. The van der Waals surface area contributed by atoms with Crippen LogP contribution in [-0.2, 0) is 11.2 Å². The van der Waals surface area contributed by atoms with Crippen molar-refractivity contribution in [3.05, 3.63) is 24.8 Å². The van der Waals surface area contributed by atoms with Gasteiger partial charge in [-0.05, 0) is 0 Å². The van der Waals surface area contributed by atoms with E-state index in [0.29, 0.717) is 18.8 Å². The monoisotopic (exact) mass is 253 g/mol. The zero-order chi connectivity index (χ0) is 13.4. The second kappa shape index (κ2) is 7.05. The highest BCUT2D eigenvalue weighted by Crippen LogP contribution is 1.92. The number of urea groups is 1. The molecular formula is C10H15N5O3. The minimum absolute atomic E-state index is 0.181. The van der Waals surface area contributed by atoms with Gasteiger partial charge in [0.05, 0.1) is 0 Å². The van der Waals surface area contributed by atoms with Crippen LogP contribution in [0.4, 0.5) is 4.79 Å². The number of nitrogens with zero attached hydrogens (tertiary/aromatic N) is 3. The molecule has 8 heteroatoms. The minimum atomic E-state index is -1.07. The Morgan fingerprint density at radius 1 is 1.61 bits per heavy atom. The molecule has 0 aliphatic carbocycles. The van der Waals surface area contributed by atoms with Gasteiger partial charge < -0.3 is 15.3 Å². The Morgan fingerprint density at radius 2 is 2.39 bits per heavy atom. The molecule has 1 rings (SSSR count). The highest BCUT2D eigenvalue weighted by molar-refractivity contribution is 5.80. The van der Waals surface area contributed by atoms with E-state index >= 15 is 0 Å². The van der Waals surface area contributed by atoms with Gasteiger partial charge in [-0.2, -0.15) is 5.10 Å². The molecule has 98 valence electrons. The van der Waals surface area contributed by atoms with E-state index in [2.05, 4.69) is 27.1 Å². The standard InChI is InChI=1S/C10H15N5O3/c1-2-5-15(6-9(16)17)10(18)11-4-3-8-12-7-13-14-8/h2,7H,1,3-6H2,(H,11,18)(H,16,17)(H,12,13,14). The molecule has 0 spiro atoms. The van der Waals surface area contributed by atoms with Crippen molar-refractivity contribution in [1.82, 2.24) is 25.4 Å². The zero-order valence-electron chi connectivity index (χ0n) is 9.80. The molecule has 2 amide bonds. The van der Waals surface area contributed by atoms with Crippen LogP contribution in [0.3, 0.4) is 0 Å². The first kappa shape index (κ1) is 13.7. The summed E-state index contributed by atoms with van der Waals surface area (Å²) in [4.78, 5) is 27.3. The fraction of sp³-hybridized carbons (Fsp3) is 0.400. The van der Waals surface area contributed by atoms with E-state index in [-0.39, 0.29) is 13.1 Å². The van der Waals surface area contributed by atoms with Gasteiger partial charge >= 0.3 is 12.0 Å². The van der Waals surface area contributed by atoms with Crippen molar-refractivity contribution in [3.8, 4) is 0 Å². The molecule has 0 saturated heterocycles. The average molecular weight is 253 g/mol. The van der Waals surface area contributed by atoms with E-state index in [0.717, 1.165) is 4.90 Å². The third-order valence-electron chi connectivity index (χ3n) is 2.07. The molecule has 3 N–H and O–H groups in total. The summed E-state index contributed by atoms with van der Waals surface area (Å²) in [6.45, 7) is 3.64. The lowest BCUT2D eigenvalue weighted by Crippen LogP contribution is -2.43. The number of hydrogen-bond acceptors (Lipinski definition) is 4. The molecule has 1 heterocycles. The summed E-state index contributed by atoms with van der Waals surface area (Å²) < 4.78 is 0. The number of hydrogen-bond donors (Lipinski definition) is 3. The van der Waals surface area contributed by atoms with E-state index in [1.54, 1.807) is 0 Å². The maximum Gasteiger partial charge on any atom is 0.323 e. The Bertz CT molecular complexity index is 404. The lowest BCUT2D eigenvalue weighted by Gasteiger charge is -2.19. The number of carbonyl (C=O) groups excluding carboxylic acids is 1. The molecule has 0 radical (unpaired) electrons. The van der Waals surface area contributed by atoms with Crippen molar-refractivity contribution < 1.29 is 14.7 Å². The first-order valence-electron chi connectivity index (χ1n) is 5.33. The van der Waals surface area contributed by atoms with E-state index < -0.39 is 12.0 Å². The van der Waals surface area contributed by atoms with Gasteiger partial charge in [-0.15, -0.1) is 6.58 Å². The normalized spacial score (nSPS) is 9.78. The molecule has 0 bridgehead atoms. The summed E-state index contributed by atoms with van der Waals surface area (Å²) in [6, 6.07) is -0.447. The first-order chi connectivity index (χ1) is 8.63. The van der Waals surface area contributed by atoms with Crippen molar-refractivity contribution in [1.29, 1.82) is 0 Å².